The van der Waals surface area contributed by atoms with Crippen LogP contribution in [-0.2, 0) is 0 Å². The summed E-state index contributed by atoms with van der Waals surface area (Å²) in [4.78, 5) is 8.73. The molecule has 3 heterocycles. The van der Waals surface area contributed by atoms with E-state index in [1.165, 1.54) is 0 Å². The van der Waals surface area contributed by atoms with Crippen molar-refractivity contribution in [3.63, 3.8) is 0 Å². The van der Waals surface area contributed by atoms with Gasteiger partial charge in [0.1, 0.15) is 22.8 Å². The minimum absolute atomic E-state index is 0.0343. The van der Waals surface area contributed by atoms with Gasteiger partial charge >= 0.3 is 0 Å². The Hall–Kier alpha value is -4.11. The van der Waals surface area contributed by atoms with Crippen LogP contribution in [0, 0.1) is 11.3 Å². The zero-order chi connectivity index (χ0) is 19.8. The van der Waals surface area contributed by atoms with Gasteiger partial charge in [0, 0.05) is 17.1 Å². The topological polar surface area (TPSA) is 80.3 Å². The predicted molar refractivity (Wildman–Crippen MR) is 111 cm³/mol. The SMILES string of the molecule is C[C@H](c1ccccc1)n1nnc2cnc3ccc(-c4ccc(C#N)nc4)cc3c21. The fraction of sp³-hybridized carbons (Fsp3) is 0.0870. The molecule has 0 N–H and O–H groups in total. The fourth-order valence-electron chi connectivity index (χ4n) is 3.58. The van der Waals surface area contributed by atoms with Gasteiger partial charge in [-0.1, -0.05) is 41.6 Å². The highest BCUT2D eigenvalue weighted by molar-refractivity contribution is 6.03. The van der Waals surface area contributed by atoms with Crippen LogP contribution in [0.15, 0.2) is 73.1 Å². The molecule has 0 radical (unpaired) electrons. The zero-order valence-electron chi connectivity index (χ0n) is 15.7. The third-order valence-corrected chi connectivity index (χ3v) is 5.16. The van der Waals surface area contributed by atoms with Gasteiger partial charge in [0.05, 0.1) is 17.8 Å². The molecule has 5 rings (SSSR count). The number of nitrogens with zero attached hydrogens (tertiary/aromatic N) is 6. The van der Waals surface area contributed by atoms with Crippen molar-refractivity contribution in [2.75, 3.05) is 0 Å². The highest BCUT2D eigenvalue weighted by Gasteiger charge is 2.16. The molecule has 138 valence electrons. The second-order valence-corrected chi connectivity index (χ2v) is 6.89. The van der Waals surface area contributed by atoms with Crippen LogP contribution in [0.1, 0.15) is 24.2 Å². The quantitative estimate of drug-likeness (QED) is 0.462. The number of fused-ring (bicyclic) bond motifs is 3. The normalized spacial score (nSPS) is 12.1. The van der Waals surface area contributed by atoms with Gasteiger partial charge in [-0.25, -0.2) is 9.67 Å². The molecule has 0 spiro atoms. The molecule has 0 unspecified atom stereocenters. The van der Waals surface area contributed by atoms with E-state index in [2.05, 4.69) is 51.5 Å². The first-order chi connectivity index (χ1) is 14.2. The van der Waals surface area contributed by atoms with E-state index in [-0.39, 0.29) is 6.04 Å². The molecular weight excluding hydrogens is 360 g/mol. The monoisotopic (exact) mass is 376 g/mol. The Kier molecular flexibility index (Phi) is 3.99. The summed E-state index contributed by atoms with van der Waals surface area (Å²) in [5.74, 6) is 0. The van der Waals surface area contributed by atoms with E-state index in [9.17, 15) is 0 Å². The molecule has 6 nitrogen and oxygen atoms in total. The highest BCUT2D eigenvalue weighted by atomic mass is 15.4. The van der Waals surface area contributed by atoms with E-state index in [1.807, 2.05) is 41.1 Å². The molecule has 6 heteroatoms. The van der Waals surface area contributed by atoms with Crippen LogP contribution in [-0.4, -0.2) is 25.0 Å². The van der Waals surface area contributed by atoms with Crippen LogP contribution in [0.3, 0.4) is 0 Å². The molecule has 3 aromatic heterocycles. The lowest BCUT2D eigenvalue weighted by atomic mass is 10.0. The number of pyridine rings is 2. The first-order valence-electron chi connectivity index (χ1n) is 9.30. The average molecular weight is 376 g/mol. The lowest BCUT2D eigenvalue weighted by Crippen LogP contribution is -2.08. The Bertz CT molecular complexity index is 1360. The summed E-state index contributed by atoms with van der Waals surface area (Å²) in [7, 11) is 0. The second kappa shape index (κ2) is 6.80. The van der Waals surface area contributed by atoms with Crippen molar-refractivity contribution in [2.45, 2.75) is 13.0 Å². The lowest BCUT2D eigenvalue weighted by molar-refractivity contribution is 0.561. The number of aromatic nitrogens is 5. The van der Waals surface area contributed by atoms with E-state index in [0.29, 0.717) is 5.69 Å². The molecule has 2 aromatic carbocycles. The van der Waals surface area contributed by atoms with E-state index < -0.39 is 0 Å². The first-order valence-corrected chi connectivity index (χ1v) is 9.30. The standard InChI is InChI=1S/C23H16N6/c1-15(16-5-3-2-4-6-16)29-23-20-11-17(18-7-9-19(12-24)25-13-18)8-10-21(20)26-14-22(23)27-28-29/h2-11,13-15H,1H3/t15-/m1/s1. The minimum Gasteiger partial charge on any atom is -0.254 e. The third kappa shape index (κ3) is 2.89. The van der Waals surface area contributed by atoms with Crippen molar-refractivity contribution >= 4 is 21.9 Å². The van der Waals surface area contributed by atoms with Crippen LogP contribution in [0.5, 0.6) is 0 Å². The molecule has 0 aliphatic rings. The minimum atomic E-state index is 0.0343. The first kappa shape index (κ1) is 17.0. The molecule has 0 saturated carbocycles. The molecule has 5 aromatic rings. The summed E-state index contributed by atoms with van der Waals surface area (Å²) in [6, 6.07) is 22.1. The average Bonchev–Trinajstić information content (AvgIpc) is 3.23. The van der Waals surface area contributed by atoms with E-state index in [4.69, 9.17) is 5.26 Å². The molecule has 29 heavy (non-hydrogen) atoms. The number of benzene rings is 2. The van der Waals surface area contributed by atoms with E-state index >= 15 is 0 Å². The molecular formula is C23H16N6. The third-order valence-electron chi connectivity index (χ3n) is 5.16. The molecule has 0 fully saturated rings. The second-order valence-electron chi connectivity index (χ2n) is 6.89. The number of hydrogen-bond donors (Lipinski definition) is 0. The summed E-state index contributed by atoms with van der Waals surface area (Å²) in [5.41, 5.74) is 6.10. The van der Waals surface area contributed by atoms with Crippen molar-refractivity contribution in [3.8, 4) is 17.2 Å². The van der Waals surface area contributed by atoms with Gasteiger partial charge in [-0.05, 0) is 42.3 Å². The van der Waals surface area contributed by atoms with Gasteiger partial charge in [-0.15, -0.1) is 5.10 Å². The molecule has 0 amide bonds. The Morgan fingerprint density at radius 3 is 2.48 bits per heavy atom. The predicted octanol–water partition coefficient (Wildman–Crippen LogP) is 4.52. The van der Waals surface area contributed by atoms with Gasteiger partial charge in [0.25, 0.3) is 0 Å². The van der Waals surface area contributed by atoms with Crippen LogP contribution >= 0.6 is 0 Å². The Morgan fingerprint density at radius 2 is 1.72 bits per heavy atom. The molecule has 0 aliphatic carbocycles. The van der Waals surface area contributed by atoms with Gasteiger partial charge in [0.15, 0.2) is 0 Å². The molecule has 1 atom stereocenters. The lowest BCUT2D eigenvalue weighted by Gasteiger charge is -2.14. The number of nitriles is 1. The van der Waals surface area contributed by atoms with Crippen LogP contribution in [0.4, 0.5) is 0 Å². The molecule has 0 aliphatic heterocycles. The number of rotatable bonds is 3. The highest BCUT2D eigenvalue weighted by Crippen LogP contribution is 2.30. The maximum absolute atomic E-state index is 8.97. The van der Waals surface area contributed by atoms with E-state index in [0.717, 1.165) is 38.6 Å². The largest absolute Gasteiger partial charge is 0.254 e. The summed E-state index contributed by atoms with van der Waals surface area (Å²) in [5, 5.41) is 18.7. The van der Waals surface area contributed by atoms with Gasteiger partial charge in [0.2, 0.25) is 0 Å². The summed E-state index contributed by atoms with van der Waals surface area (Å²) < 4.78 is 1.95. The summed E-state index contributed by atoms with van der Waals surface area (Å²) >= 11 is 0. The van der Waals surface area contributed by atoms with Crippen molar-refractivity contribution in [2.24, 2.45) is 0 Å². The fourth-order valence-corrected chi connectivity index (χ4v) is 3.58. The summed E-state index contributed by atoms with van der Waals surface area (Å²) in [6.07, 6.45) is 3.48. The zero-order valence-corrected chi connectivity index (χ0v) is 15.7. The van der Waals surface area contributed by atoms with Crippen LogP contribution in [0.2, 0.25) is 0 Å². The van der Waals surface area contributed by atoms with Crippen molar-refractivity contribution in [1.29, 1.82) is 5.26 Å². The van der Waals surface area contributed by atoms with E-state index in [1.54, 1.807) is 18.5 Å². The van der Waals surface area contributed by atoms with Crippen molar-refractivity contribution < 1.29 is 0 Å². The Balaban J connectivity index is 1.70. The maximum Gasteiger partial charge on any atom is 0.140 e. The number of hydrogen-bond acceptors (Lipinski definition) is 5. The van der Waals surface area contributed by atoms with Gasteiger partial charge in [-0.2, -0.15) is 5.26 Å². The Labute approximate surface area is 167 Å². The van der Waals surface area contributed by atoms with Crippen LogP contribution in [0.25, 0.3) is 33.1 Å². The molecule has 0 saturated heterocycles. The van der Waals surface area contributed by atoms with Gasteiger partial charge < -0.3 is 0 Å². The van der Waals surface area contributed by atoms with Gasteiger partial charge in [-0.3, -0.25) is 4.98 Å². The van der Waals surface area contributed by atoms with Crippen LogP contribution < -0.4 is 0 Å². The Morgan fingerprint density at radius 1 is 0.897 bits per heavy atom. The smallest absolute Gasteiger partial charge is 0.140 e. The maximum atomic E-state index is 8.97. The van der Waals surface area contributed by atoms with Crippen molar-refractivity contribution in [1.82, 2.24) is 25.0 Å². The molecule has 0 bridgehead atoms. The van der Waals surface area contributed by atoms with Crippen molar-refractivity contribution in [3.05, 3.63) is 84.3 Å². The summed E-state index contributed by atoms with van der Waals surface area (Å²) in [6.45, 7) is 2.12.